The molecule has 1 N–H and O–H groups in total. The van der Waals surface area contributed by atoms with Gasteiger partial charge in [-0.15, -0.1) is 0 Å². The third-order valence-electron chi connectivity index (χ3n) is 4.88. The third kappa shape index (κ3) is 3.36. The number of carbonyl (C=O) groups is 2. The summed E-state index contributed by atoms with van der Waals surface area (Å²) < 4.78 is 16.5. The van der Waals surface area contributed by atoms with Crippen molar-refractivity contribution in [1.29, 1.82) is 0 Å². The van der Waals surface area contributed by atoms with Crippen LogP contribution in [0.3, 0.4) is 0 Å². The fourth-order valence-electron chi connectivity index (χ4n) is 3.25. The number of esters is 2. The molecule has 8 nitrogen and oxygen atoms in total. The van der Waals surface area contributed by atoms with Gasteiger partial charge < -0.3 is 19.3 Å². The Morgan fingerprint density at radius 3 is 2.20 bits per heavy atom. The van der Waals surface area contributed by atoms with Crippen LogP contribution in [0.15, 0.2) is 36.4 Å². The second-order valence-electron chi connectivity index (χ2n) is 6.55. The summed E-state index contributed by atoms with van der Waals surface area (Å²) in [5, 5.41) is 15.3. The van der Waals surface area contributed by atoms with Crippen LogP contribution in [0, 0.1) is 13.8 Å². The predicted octanol–water partition coefficient (Wildman–Crippen LogP) is 3.44. The highest BCUT2D eigenvalue weighted by Gasteiger charge is 2.33. The molecule has 156 valence electrons. The van der Waals surface area contributed by atoms with Gasteiger partial charge in [-0.3, -0.25) is 0 Å². The maximum absolute atomic E-state index is 12.7. The van der Waals surface area contributed by atoms with Gasteiger partial charge >= 0.3 is 11.9 Å². The molecule has 30 heavy (non-hydrogen) atoms. The van der Waals surface area contributed by atoms with E-state index in [1.807, 2.05) is 13.0 Å². The Bertz CT molecular complexity index is 1120. The number of hydrogen-bond donors (Lipinski definition) is 1. The van der Waals surface area contributed by atoms with Crippen molar-refractivity contribution in [1.82, 2.24) is 9.78 Å². The minimum absolute atomic E-state index is 0.0741. The van der Waals surface area contributed by atoms with E-state index in [9.17, 15) is 14.7 Å². The number of nitrogens with zero attached hydrogens (tertiary/aromatic N) is 2. The van der Waals surface area contributed by atoms with Gasteiger partial charge in [-0.25, -0.2) is 14.3 Å². The summed E-state index contributed by atoms with van der Waals surface area (Å²) >= 11 is 0. The molecular formula is C22H22N2O6. The van der Waals surface area contributed by atoms with Gasteiger partial charge in [0, 0.05) is 5.56 Å². The maximum atomic E-state index is 12.7. The largest absolute Gasteiger partial charge is 0.504 e. The molecule has 0 amide bonds. The topological polar surface area (TPSA) is 99.9 Å². The summed E-state index contributed by atoms with van der Waals surface area (Å²) in [4.78, 5) is 25.4. The van der Waals surface area contributed by atoms with Crippen molar-refractivity contribution in [2.24, 2.45) is 0 Å². The van der Waals surface area contributed by atoms with Gasteiger partial charge in [-0.05, 0) is 43.2 Å². The molecule has 3 rings (SSSR count). The summed E-state index contributed by atoms with van der Waals surface area (Å²) in [6.07, 6.45) is 0. The molecule has 0 aliphatic carbocycles. The van der Waals surface area contributed by atoms with Gasteiger partial charge in [0.2, 0.25) is 0 Å². The van der Waals surface area contributed by atoms with Crippen LogP contribution in [-0.4, -0.2) is 48.2 Å². The molecule has 0 fully saturated rings. The van der Waals surface area contributed by atoms with E-state index in [0.29, 0.717) is 5.69 Å². The zero-order valence-electron chi connectivity index (χ0n) is 17.3. The van der Waals surface area contributed by atoms with Crippen molar-refractivity contribution in [3.8, 4) is 28.4 Å². The lowest BCUT2D eigenvalue weighted by atomic mass is 9.98. The molecule has 0 bridgehead atoms. The molecule has 3 aromatic rings. The van der Waals surface area contributed by atoms with E-state index in [0.717, 1.165) is 11.1 Å². The van der Waals surface area contributed by atoms with Crippen LogP contribution in [-0.2, 0) is 9.47 Å². The zero-order chi connectivity index (χ0) is 22.0. The Kier molecular flexibility index (Phi) is 5.77. The van der Waals surface area contributed by atoms with Crippen LogP contribution in [0.4, 0.5) is 0 Å². The number of benzene rings is 2. The average Bonchev–Trinajstić information content (AvgIpc) is 3.16. The van der Waals surface area contributed by atoms with Crippen LogP contribution >= 0.6 is 0 Å². The van der Waals surface area contributed by atoms with Crippen molar-refractivity contribution >= 4 is 11.9 Å². The Balaban J connectivity index is 2.44. The molecule has 8 heteroatoms. The van der Waals surface area contributed by atoms with Crippen molar-refractivity contribution in [2.75, 3.05) is 21.3 Å². The second-order valence-corrected chi connectivity index (χ2v) is 6.55. The van der Waals surface area contributed by atoms with Crippen LogP contribution in [0.1, 0.15) is 32.0 Å². The first kappa shape index (κ1) is 20.9. The Labute approximate surface area is 173 Å². The Morgan fingerprint density at radius 2 is 1.63 bits per heavy atom. The number of aromatic nitrogens is 2. The lowest BCUT2D eigenvalue weighted by Crippen LogP contribution is -2.15. The number of aromatic hydroxyl groups is 1. The predicted molar refractivity (Wildman–Crippen MR) is 109 cm³/mol. The molecule has 0 aliphatic heterocycles. The van der Waals surface area contributed by atoms with E-state index in [2.05, 4.69) is 5.10 Å². The molecule has 2 aromatic carbocycles. The highest BCUT2D eigenvalue weighted by molar-refractivity contribution is 6.07. The average molecular weight is 410 g/mol. The molecule has 0 atom stereocenters. The third-order valence-corrected chi connectivity index (χ3v) is 4.88. The highest BCUT2D eigenvalue weighted by Crippen LogP contribution is 2.42. The molecule has 1 heterocycles. The first-order chi connectivity index (χ1) is 14.3. The summed E-state index contributed by atoms with van der Waals surface area (Å²) in [5.74, 6) is -1.49. The van der Waals surface area contributed by atoms with Crippen molar-refractivity contribution in [3.63, 3.8) is 0 Å². The molecular weight excluding hydrogens is 388 g/mol. The molecule has 0 unspecified atom stereocenters. The Morgan fingerprint density at radius 1 is 1.00 bits per heavy atom. The number of phenols is 1. The first-order valence-electron chi connectivity index (χ1n) is 9.08. The molecule has 0 spiro atoms. The van der Waals surface area contributed by atoms with Gasteiger partial charge in [0.05, 0.1) is 27.0 Å². The molecule has 0 saturated carbocycles. The fraction of sp³-hybridized carbons (Fsp3) is 0.227. The second kappa shape index (κ2) is 8.28. The van der Waals surface area contributed by atoms with Crippen LogP contribution in [0.5, 0.6) is 11.5 Å². The fourth-order valence-corrected chi connectivity index (χ4v) is 3.25. The molecule has 0 aliphatic rings. The van der Waals surface area contributed by atoms with E-state index in [4.69, 9.17) is 14.2 Å². The smallest absolute Gasteiger partial charge is 0.357 e. The SMILES string of the molecule is COC(=O)c1c(-c2cc(C)c(C)c(OC)c2O)nn(-c2ccccc2)c1C(=O)OC. The monoisotopic (exact) mass is 410 g/mol. The summed E-state index contributed by atoms with van der Waals surface area (Å²) in [7, 11) is 3.85. The van der Waals surface area contributed by atoms with Crippen LogP contribution < -0.4 is 4.74 Å². The normalized spacial score (nSPS) is 10.6. The number of carbonyl (C=O) groups excluding carboxylic acids is 2. The zero-order valence-corrected chi connectivity index (χ0v) is 17.3. The van der Waals surface area contributed by atoms with Crippen molar-refractivity contribution < 1.29 is 28.9 Å². The van der Waals surface area contributed by atoms with Gasteiger partial charge in [-0.1, -0.05) is 18.2 Å². The quantitative estimate of drug-likeness (QED) is 0.643. The minimum Gasteiger partial charge on any atom is -0.504 e. The lowest BCUT2D eigenvalue weighted by molar-refractivity contribution is 0.0549. The summed E-state index contributed by atoms with van der Waals surface area (Å²) in [6, 6.07) is 10.5. The number of phenolic OH excluding ortho intramolecular Hbond substituents is 1. The first-order valence-corrected chi connectivity index (χ1v) is 9.08. The number of hydrogen-bond acceptors (Lipinski definition) is 7. The van der Waals surface area contributed by atoms with Gasteiger partial charge in [0.15, 0.2) is 17.2 Å². The molecule has 0 saturated heterocycles. The number of para-hydroxylation sites is 1. The van der Waals surface area contributed by atoms with Crippen LogP contribution in [0.25, 0.3) is 16.9 Å². The van der Waals surface area contributed by atoms with Gasteiger partial charge in [-0.2, -0.15) is 5.10 Å². The number of aryl methyl sites for hydroxylation is 1. The van der Waals surface area contributed by atoms with Gasteiger partial charge in [0.25, 0.3) is 0 Å². The number of methoxy groups -OCH3 is 3. The highest BCUT2D eigenvalue weighted by atomic mass is 16.5. The molecule has 0 radical (unpaired) electrons. The van der Waals surface area contributed by atoms with E-state index < -0.39 is 11.9 Å². The molecule has 1 aromatic heterocycles. The van der Waals surface area contributed by atoms with Crippen molar-refractivity contribution in [2.45, 2.75) is 13.8 Å². The van der Waals surface area contributed by atoms with Crippen LogP contribution in [0.2, 0.25) is 0 Å². The minimum atomic E-state index is -0.788. The van der Waals surface area contributed by atoms with E-state index in [-0.39, 0.29) is 34.0 Å². The number of rotatable bonds is 5. The summed E-state index contributed by atoms with van der Waals surface area (Å²) in [6.45, 7) is 3.65. The Hall–Kier alpha value is -3.81. The summed E-state index contributed by atoms with van der Waals surface area (Å²) in [5.41, 5.74) is 2.17. The standard InChI is InChI=1S/C22H22N2O6/c1-12-11-15(19(25)20(28-3)13(12)2)17-16(21(26)29-4)18(22(27)30-5)24(23-17)14-9-7-6-8-10-14/h6-11,25H,1-5H3. The van der Waals surface area contributed by atoms with Crippen molar-refractivity contribution in [3.05, 3.63) is 58.8 Å². The number of ether oxygens (including phenoxy) is 3. The van der Waals surface area contributed by atoms with E-state index >= 15 is 0 Å². The maximum Gasteiger partial charge on any atom is 0.357 e. The van der Waals surface area contributed by atoms with E-state index in [1.165, 1.54) is 26.0 Å². The lowest BCUT2D eigenvalue weighted by Gasteiger charge is -2.13. The van der Waals surface area contributed by atoms with Gasteiger partial charge in [0.1, 0.15) is 11.3 Å². The van der Waals surface area contributed by atoms with E-state index in [1.54, 1.807) is 37.3 Å².